The highest BCUT2D eigenvalue weighted by molar-refractivity contribution is 7.91. The van der Waals surface area contributed by atoms with Crippen molar-refractivity contribution in [3.05, 3.63) is 29.8 Å². The first kappa shape index (κ1) is 15.0. The minimum Gasteiger partial charge on any atom is -0.493 e. The Morgan fingerprint density at radius 1 is 1.28 bits per heavy atom. The topological polar surface area (TPSA) is 55.4 Å². The highest BCUT2D eigenvalue weighted by atomic mass is 32.2. The molecule has 1 rings (SSSR count). The standard InChI is InChI=1S/C13H21NO3S/c1-4-18(15,16)10-9-17-13-7-5-12(6-8-13)11(2)14-3/h5-8,11,14H,4,9-10H2,1-3H3. The molecule has 1 aromatic carbocycles. The average Bonchev–Trinajstić information content (AvgIpc) is 2.38. The van der Waals surface area contributed by atoms with Crippen LogP contribution in [-0.4, -0.2) is 33.6 Å². The van der Waals surface area contributed by atoms with Crippen molar-refractivity contribution < 1.29 is 13.2 Å². The summed E-state index contributed by atoms with van der Waals surface area (Å²) in [6, 6.07) is 7.97. The van der Waals surface area contributed by atoms with E-state index in [-0.39, 0.29) is 18.1 Å². The second-order valence-corrected chi connectivity index (χ2v) is 6.64. The van der Waals surface area contributed by atoms with Crippen LogP contribution in [0.3, 0.4) is 0 Å². The summed E-state index contributed by atoms with van der Waals surface area (Å²) in [5.41, 5.74) is 1.17. The molecule has 0 spiro atoms. The third kappa shape index (κ3) is 4.66. The van der Waals surface area contributed by atoms with Crippen LogP contribution in [0, 0.1) is 0 Å². The van der Waals surface area contributed by atoms with Crippen molar-refractivity contribution in [1.29, 1.82) is 0 Å². The largest absolute Gasteiger partial charge is 0.493 e. The Morgan fingerprint density at radius 2 is 1.89 bits per heavy atom. The third-order valence-electron chi connectivity index (χ3n) is 2.92. The second-order valence-electron chi connectivity index (χ2n) is 4.16. The molecule has 0 aliphatic rings. The maximum absolute atomic E-state index is 11.3. The normalized spacial score (nSPS) is 13.3. The lowest BCUT2D eigenvalue weighted by molar-refractivity contribution is 0.340. The zero-order valence-electron chi connectivity index (χ0n) is 11.1. The van der Waals surface area contributed by atoms with Crippen molar-refractivity contribution in [3.63, 3.8) is 0 Å². The molecular formula is C13H21NO3S. The van der Waals surface area contributed by atoms with Crippen LogP contribution >= 0.6 is 0 Å². The Kier molecular flexibility index (Phi) is 5.62. The summed E-state index contributed by atoms with van der Waals surface area (Å²) in [5.74, 6) is 0.931. The predicted octanol–water partition coefficient (Wildman–Crippen LogP) is 1.78. The first-order valence-electron chi connectivity index (χ1n) is 6.09. The molecule has 0 bridgehead atoms. The van der Waals surface area contributed by atoms with Crippen LogP contribution in [0.2, 0.25) is 0 Å². The summed E-state index contributed by atoms with van der Waals surface area (Å²) in [7, 11) is -1.04. The van der Waals surface area contributed by atoms with Gasteiger partial charge in [0.1, 0.15) is 12.4 Å². The molecule has 1 aromatic rings. The Morgan fingerprint density at radius 3 is 2.39 bits per heavy atom. The number of sulfone groups is 1. The van der Waals surface area contributed by atoms with Crippen molar-refractivity contribution in [2.24, 2.45) is 0 Å². The van der Waals surface area contributed by atoms with E-state index in [1.165, 1.54) is 5.56 Å². The van der Waals surface area contributed by atoms with Crippen molar-refractivity contribution in [1.82, 2.24) is 5.32 Å². The molecule has 0 radical (unpaired) electrons. The number of hydrogen-bond donors (Lipinski definition) is 1. The van der Waals surface area contributed by atoms with Crippen LogP contribution in [0.1, 0.15) is 25.5 Å². The van der Waals surface area contributed by atoms with Crippen LogP contribution in [0.4, 0.5) is 0 Å². The summed E-state index contributed by atoms with van der Waals surface area (Å²) >= 11 is 0. The molecule has 0 saturated heterocycles. The predicted molar refractivity (Wildman–Crippen MR) is 73.7 cm³/mol. The molecule has 4 nitrogen and oxygen atoms in total. The molecule has 102 valence electrons. The van der Waals surface area contributed by atoms with Gasteiger partial charge in [0, 0.05) is 11.8 Å². The smallest absolute Gasteiger partial charge is 0.153 e. The zero-order valence-corrected chi connectivity index (χ0v) is 12.0. The molecule has 1 atom stereocenters. The molecule has 1 unspecified atom stereocenters. The summed E-state index contributed by atoms with van der Waals surface area (Å²) < 4.78 is 28.0. The SMILES string of the molecule is CCS(=O)(=O)CCOc1ccc(C(C)NC)cc1. The van der Waals surface area contributed by atoms with Gasteiger partial charge < -0.3 is 10.1 Å². The van der Waals surface area contributed by atoms with Crippen LogP contribution < -0.4 is 10.1 Å². The minimum absolute atomic E-state index is 0.0676. The molecule has 0 amide bonds. The Bertz CT molecular complexity index is 454. The lowest BCUT2D eigenvalue weighted by Crippen LogP contribution is -2.15. The third-order valence-corrected chi connectivity index (χ3v) is 4.58. The van der Waals surface area contributed by atoms with E-state index < -0.39 is 9.84 Å². The molecule has 0 aromatic heterocycles. The number of hydrogen-bond acceptors (Lipinski definition) is 4. The number of benzene rings is 1. The molecule has 0 aliphatic carbocycles. The van der Waals surface area contributed by atoms with Gasteiger partial charge in [-0.25, -0.2) is 8.42 Å². The Labute approximate surface area is 109 Å². The van der Waals surface area contributed by atoms with Gasteiger partial charge in [0.25, 0.3) is 0 Å². The average molecular weight is 271 g/mol. The van der Waals surface area contributed by atoms with Crippen molar-refractivity contribution in [3.8, 4) is 5.75 Å². The monoisotopic (exact) mass is 271 g/mol. The van der Waals surface area contributed by atoms with E-state index in [9.17, 15) is 8.42 Å². The van der Waals surface area contributed by atoms with E-state index in [1.807, 2.05) is 31.3 Å². The summed E-state index contributed by atoms with van der Waals surface area (Å²) in [6.45, 7) is 3.92. The van der Waals surface area contributed by atoms with E-state index in [4.69, 9.17) is 4.74 Å². The molecular weight excluding hydrogens is 250 g/mol. The van der Waals surface area contributed by atoms with Crippen LogP contribution in [-0.2, 0) is 9.84 Å². The van der Waals surface area contributed by atoms with Gasteiger partial charge >= 0.3 is 0 Å². The second kappa shape index (κ2) is 6.75. The van der Waals surface area contributed by atoms with E-state index in [0.717, 1.165) is 0 Å². The maximum Gasteiger partial charge on any atom is 0.153 e. The molecule has 1 N–H and O–H groups in total. The molecule has 5 heteroatoms. The molecule has 0 aliphatic heterocycles. The van der Waals surface area contributed by atoms with Gasteiger partial charge in [-0.3, -0.25) is 0 Å². The fraction of sp³-hybridized carbons (Fsp3) is 0.538. The van der Waals surface area contributed by atoms with E-state index in [0.29, 0.717) is 11.8 Å². The highest BCUT2D eigenvalue weighted by Gasteiger charge is 2.07. The van der Waals surface area contributed by atoms with E-state index >= 15 is 0 Å². The highest BCUT2D eigenvalue weighted by Crippen LogP contribution is 2.17. The fourth-order valence-corrected chi connectivity index (χ4v) is 2.08. The van der Waals surface area contributed by atoms with E-state index in [1.54, 1.807) is 6.92 Å². The first-order chi connectivity index (χ1) is 8.48. The van der Waals surface area contributed by atoms with E-state index in [2.05, 4.69) is 12.2 Å². The summed E-state index contributed by atoms with van der Waals surface area (Å²) in [4.78, 5) is 0. The van der Waals surface area contributed by atoms with Gasteiger partial charge in [-0.05, 0) is 31.7 Å². The Balaban J connectivity index is 2.50. The molecule has 0 saturated carbocycles. The lowest BCUT2D eigenvalue weighted by atomic mass is 10.1. The van der Waals surface area contributed by atoms with Gasteiger partial charge in [-0.15, -0.1) is 0 Å². The zero-order chi connectivity index (χ0) is 13.6. The molecule has 18 heavy (non-hydrogen) atoms. The Hall–Kier alpha value is -1.07. The molecule has 0 fully saturated rings. The van der Waals surface area contributed by atoms with Gasteiger partial charge in [-0.2, -0.15) is 0 Å². The van der Waals surface area contributed by atoms with Gasteiger partial charge in [0.2, 0.25) is 0 Å². The van der Waals surface area contributed by atoms with Crippen LogP contribution in [0.25, 0.3) is 0 Å². The van der Waals surface area contributed by atoms with Crippen LogP contribution in [0.5, 0.6) is 5.75 Å². The van der Waals surface area contributed by atoms with Gasteiger partial charge in [0.15, 0.2) is 9.84 Å². The summed E-state index contributed by atoms with van der Waals surface area (Å²) in [6.07, 6.45) is 0. The fourth-order valence-electron chi connectivity index (χ4n) is 1.45. The van der Waals surface area contributed by atoms with Gasteiger partial charge in [-0.1, -0.05) is 19.1 Å². The van der Waals surface area contributed by atoms with Gasteiger partial charge in [0.05, 0.1) is 5.75 Å². The van der Waals surface area contributed by atoms with Crippen molar-refractivity contribution in [2.45, 2.75) is 19.9 Å². The first-order valence-corrected chi connectivity index (χ1v) is 7.91. The van der Waals surface area contributed by atoms with Crippen molar-refractivity contribution in [2.75, 3.05) is 25.2 Å². The van der Waals surface area contributed by atoms with Crippen LogP contribution in [0.15, 0.2) is 24.3 Å². The number of ether oxygens (including phenoxy) is 1. The summed E-state index contributed by atoms with van der Waals surface area (Å²) in [5, 5.41) is 3.15. The van der Waals surface area contributed by atoms with Crippen molar-refractivity contribution >= 4 is 9.84 Å². The lowest BCUT2D eigenvalue weighted by Gasteiger charge is -2.11. The number of rotatable bonds is 7. The quantitative estimate of drug-likeness (QED) is 0.821. The minimum atomic E-state index is -2.95. The maximum atomic E-state index is 11.3. The molecule has 0 heterocycles. The number of nitrogens with one attached hydrogen (secondary N) is 1.